The molecule has 3 aromatic rings. The molecule has 2 N–H and O–H groups in total. The molecule has 7 nitrogen and oxygen atoms in total. The average molecular weight is 606 g/mol. The number of benzene rings is 3. The first kappa shape index (κ1) is 33.7. The van der Waals surface area contributed by atoms with Crippen LogP contribution in [0.1, 0.15) is 74.4 Å². The Bertz CT molecular complexity index is 1380. The number of nitrogens with zero attached hydrogens (tertiary/aromatic N) is 1. The maximum Gasteiger partial charge on any atom is 0.408 e. The number of rotatable bonds is 11. The van der Waals surface area contributed by atoms with E-state index in [0.29, 0.717) is 23.7 Å². The Morgan fingerprint density at radius 2 is 1.49 bits per heavy atom. The van der Waals surface area contributed by atoms with Gasteiger partial charge in [0.2, 0.25) is 5.91 Å². The van der Waals surface area contributed by atoms with Crippen molar-refractivity contribution in [2.24, 2.45) is 0 Å². The summed E-state index contributed by atoms with van der Waals surface area (Å²) in [5.74, 6) is -0.754. The smallest absolute Gasteiger partial charge is 0.408 e. The molecule has 0 aliphatic heterocycles. The molecule has 0 aliphatic carbocycles. The molecule has 0 radical (unpaired) electrons. The van der Waals surface area contributed by atoms with Gasteiger partial charge in [-0.2, -0.15) is 0 Å². The van der Waals surface area contributed by atoms with Gasteiger partial charge in [-0.3, -0.25) is 9.59 Å². The van der Waals surface area contributed by atoms with Crippen LogP contribution in [0.4, 0.5) is 10.5 Å². The lowest BCUT2D eigenvalue weighted by molar-refractivity contribution is -0.140. The van der Waals surface area contributed by atoms with Crippen molar-refractivity contribution < 1.29 is 19.1 Å². The number of alkyl carbamates (subject to hydrolysis) is 1. The van der Waals surface area contributed by atoms with Crippen molar-refractivity contribution in [1.29, 1.82) is 0 Å². The second-order valence-electron chi connectivity index (χ2n) is 11.9. The number of amides is 3. The topological polar surface area (TPSA) is 87.7 Å². The van der Waals surface area contributed by atoms with Gasteiger partial charge >= 0.3 is 6.09 Å². The molecular formula is C35H44ClN3O4. The second kappa shape index (κ2) is 15.1. The summed E-state index contributed by atoms with van der Waals surface area (Å²) >= 11 is 6.51. The van der Waals surface area contributed by atoms with Crippen molar-refractivity contribution >= 4 is 35.2 Å². The molecule has 3 rings (SSSR count). The third-order valence-electron chi connectivity index (χ3n) is 7.15. The van der Waals surface area contributed by atoms with Crippen LogP contribution in [0.3, 0.4) is 0 Å². The molecule has 3 amide bonds. The Morgan fingerprint density at radius 1 is 0.884 bits per heavy atom. The van der Waals surface area contributed by atoms with Gasteiger partial charge in [0.05, 0.1) is 10.7 Å². The number of carbonyl (C=O) groups is 3. The van der Waals surface area contributed by atoms with E-state index in [-0.39, 0.29) is 18.2 Å². The predicted molar refractivity (Wildman–Crippen MR) is 173 cm³/mol. The van der Waals surface area contributed by atoms with Crippen LogP contribution in [0.15, 0.2) is 66.7 Å². The van der Waals surface area contributed by atoms with Crippen LogP contribution in [0.2, 0.25) is 5.02 Å². The molecule has 0 heterocycles. The van der Waals surface area contributed by atoms with Gasteiger partial charge in [0.25, 0.3) is 5.91 Å². The van der Waals surface area contributed by atoms with Crippen LogP contribution in [0.25, 0.3) is 0 Å². The normalized spacial score (nSPS) is 12.7. The van der Waals surface area contributed by atoms with E-state index in [0.717, 1.165) is 34.2 Å². The van der Waals surface area contributed by atoms with E-state index in [1.807, 2.05) is 88.4 Å². The molecule has 43 heavy (non-hydrogen) atoms. The fourth-order valence-corrected chi connectivity index (χ4v) is 5.33. The van der Waals surface area contributed by atoms with Gasteiger partial charge in [0.1, 0.15) is 17.7 Å². The zero-order chi connectivity index (χ0) is 31.7. The maximum atomic E-state index is 14.6. The average Bonchev–Trinajstić information content (AvgIpc) is 2.93. The number of para-hydroxylation sites is 1. The summed E-state index contributed by atoms with van der Waals surface area (Å²) in [5.41, 5.74) is 3.92. The van der Waals surface area contributed by atoms with Gasteiger partial charge in [-0.25, -0.2) is 4.79 Å². The van der Waals surface area contributed by atoms with Crippen molar-refractivity contribution in [1.82, 2.24) is 10.2 Å². The minimum atomic E-state index is -0.977. The number of halogens is 1. The molecule has 230 valence electrons. The summed E-state index contributed by atoms with van der Waals surface area (Å²) in [6, 6.07) is 18.8. The highest BCUT2D eigenvalue weighted by Gasteiger charge is 2.37. The number of ether oxygens (including phenoxy) is 1. The molecule has 0 aliphatic rings. The van der Waals surface area contributed by atoms with Crippen molar-refractivity contribution in [3.63, 3.8) is 0 Å². The van der Waals surface area contributed by atoms with Crippen LogP contribution in [-0.2, 0) is 20.7 Å². The van der Waals surface area contributed by atoms with E-state index in [2.05, 4.69) is 10.6 Å². The highest BCUT2D eigenvalue weighted by molar-refractivity contribution is 6.34. The quantitative estimate of drug-likeness (QED) is 0.234. The van der Waals surface area contributed by atoms with Gasteiger partial charge in [0, 0.05) is 13.0 Å². The number of anilines is 1. The lowest BCUT2D eigenvalue weighted by atomic mass is 9.93. The monoisotopic (exact) mass is 605 g/mol. The molecule has 0 saturated heterocycles. The third-order valence-corrected chi connectivity index (χ3v) is 7.47. The zero-order valence-corrected chi connectivity index (χ0v) is 27.0. The molecular weight excluding hydrogens is 562 g/mol. The Kier molecular flexibility index (Phi) is 11.8. The zero-order valence-electron chi connectivity index (χ0n) is 26.3. The first-order chi connectivity index (χ1) is 20.3. The molecule has 0 fully saturated rings. The van der Waals surface area contributed by atoms with Gasteiger partial charge < -0.3 is 20.3 Å². The number of hydrogen-bond acceptors (Lipinski definition) is 4. The van der Waals surface area contributed by atoms with E-state index in [1.165, 1.54) is 0 Å². The molecule has 2 unspecified atom stereocenters. The van der Waals surface area contributed by atoms with E-state index in [4.69, 9.17) is 16.3 Å². The second-order valence-corrected chi connectivity index (χ2v) is 12.3. The summed E-state index contributed by atoms with van der Waals surface area (Å²) in [6.45, 7) is 13.4. The van der Waals surface area contributed by atoms with Crippen molar-refractivity contribution in [3.05, 3.63) is 99.6 Å². The lowest BCUT2D eigenvalue weighted by Gasteiger charge is -2.36. The number of unbranched alkanes of at least 4 members (excludes halogenated alkanes) is 1. The summed E-state index contributed by atoms with van der Waals surface area (Å²) < 4.78 is 5.54. The first-order valence-electron chi connectivity index (χ1n) is 14.8. The van der Waals surface area contributed by atoms with Crippen LogP contribution < -0.4 is 10.6 Å². The van der Waals surface area contributed by atoms with Crippen molar-refractivity contribution in [3.8, 4) is 0 Å². The number of nitrogens with one attached hydrogen (secondary N) is 2. The predicted octanol–water partition coefficient (Wildman–Crippen LogP) is 7.71. The third kappa shape index (κ3) is 9.32. The molecule has 2 atom stereocenters. The van der Waals surface area contributed by atoms with Crippen molar-refractivity contribution in [2.75, 3.05) is 11.9 Å². The molecule has 0 aromatic heterocycles. The largest absolute Gasteiger partial charge is 0.444 e. The molecule has 0 spiro atoms. The minimum absolute atomic E-state index is 0.228. The van der Waals surface area contributed by atoms with E-state index in [1.54, 1.807) is 31.7 Å². The maximum absolute atomic E-state index is 14.6. The van der Waals surface area contributed by atoms with E-state index < -0.39 is 23.8 Å². The first-order valence-corrected chi connectivity index (χ1v) is 15.2. The highest BCUT2D eigenvalue weighted by Crippen LogP contribution is 2.32. The summed E-state index contributed by atoms with van der Waals surface area (Å²) in [4.78, 5) is 43.6. The molecule has 0 saturated carbocycles. The highest BCUT2D eigenvalue weighted by atomic mass is 35.5. The summed E-state index contributed by atoms with van der Waals surface area (Å²) in [7, 11) is 0. The lowest BCUT2D eigenvalue weighted by Crippen LogP contribution is -2.53. The van der Waals surface area contributed by atoms with Crippen LogP contribution in [0, 0.1) is 20.8 Å². The van der Waals surface area contributed by atoms with E-state index in [9.17, 15) is 14.4 Å². The van der Waals surface area contributed by atoms with Gasteiger partial charge in [-0.15, -0.1) is 0 Å². The van der Waals surface area contributed by atoms with Crippen molar-refractivity contribution in [2.45, 2.75) is 85.4 Å². The van der Waals surface area contributed by atoms with Gasteiger partial charge in [0.15, 0.2) is 0 Å². The Morgan fingerprint density at radius 3 is 2.07 bits per heavy atom. The molecule has 8 heteroatoms. The SMILES string of the molecule is CCCCN(C(=O)C(Cc1ccccc1)NC(=O)OC(C)(C)C)C(C(=O)Nc1c(C)cccc1Cl)c1c(C)cccc1C. The van der Waals surface area contributed by atoms with Crippen LogP contribution in [0.5, 0.6) is 0 Å². The fraction of sp³-hybridized carbons (Fsp3) is 0.400. The fourth-order valence-electron chi connectivity index (χ4n) is 5.06. The Hall–Kier alpha value is -3.84. The Labute approximate surface area is 261 Å². The molecule has 0 bridgehead atoms. The standard InChI is InChI=1S/C35H44ClN3O4/c1-8-9-21-39(33(41)28(22-26-18-11-10-12-19-26)37-34(42)43-35(5,6)7)31(29-23(2)15-13-16-24(29)3)32(40)38-30-25(4)17-14-20-27(30)36/h10-20,28,31H,8-9,21-22H2,1-7H3,(H,37,42)(H,38,40). The summed E-state index contributed by atoms with van der Waals surface area (Å²) in [5, 5.41) is 6.25. The number of carbonyl (C=O) groups excluding carboxylic acids is 3. The Balaban J connectivity index is 2.13. The van der Waals surface area contributed by atoms with E-state index >= 15 is 0 Å². The summed E-state index contributed by atoms with van der Waals surface area (Å²) in [6.07, 6.45) is 0.997. The number of aryl methyl sites for hydroxylation is 3. The number of hydrogen-bond donors (Lipinski definition) is 2. The van der Waals surface area contributed by atoms with Gasteiger partial charge in [-0.1, -0.05) is 85.6 Å². The van der Waals surface area contributed by atoms with Crippen LogP contribution >= 0.6 is 11.6 Å². The molecule has 3 aromatic carbocycles. The van der Waals surface area contributed by atoms with Gasteiger partial charge in [-0.05, 0) is 81.8 Å². The minimum Gasteiger partial charge on any atom is -0.444 e. The van der Waals surface area contributed by atoms with Crippen LogP contribution in [-0.4, -0.2) is 41.0 Å².